The number of carbonyl (C=O) groups excluding carboxylic acids is 1. The lowest BCUT2D eigenvalue weighted by atomic mass is 10.3. The molecule has 0 radical (unpaired) electrons. The van der Waals surface area contributed by atoms with Crippen LogP contribution in [0, 0.1) is 5.82 Å². The molecule has 0 spiro atoms. The van der Waals surface area contributed by atoms with E-state index in [0.29, 0.717) is 0 Å². The van der Waals surface area contributed by atoms with Crippen molar-refractivity contribution in [2.75, 3.05) is 6.26 Å². The first-order valence-corrected chi connectivity index (χ1v) is 8.59. The molecule has 23 heavy (non-hydrogen) atoms. The third-order valence-electron chi connectivity index (χ3n) is 2.71. The quantitative estimate of drug-likeness (QED) is 0.617. The molecule has 0 atom stereocenters. The fraction of sp³-hybridized carbons (Fsp3) is 0.133. The van der Waals surface area contributed by atoms with Crippen LogP contribution in [0.15, 0.2) is 41.3 Å². The molecular weight excluding hydrogens is 347 g/mol. The molecule has 2 aromatic rings. The summed E-state index contributed by atoms with van der Waals surface area (Å²) < 4.78 is 46.7. The minimum atomic E-state index is -3.42. The van der Waals surface area contributed by atoms with E-state index in [-0.39, 0.29) is 27.2 Å². The van der Waals surface area contributed by atoms with Crippen LogP contribution in [0.4, 0.5) is 4.39 Å². The SMILES string of the molecule is CC(=O)Oc1ccc(F)cc1Oc1ccc(S(C)(=O)=O)cc1Cl. The highest BCUT2D eigenvalue weighted by atomic mass is 35.5. The average molecular weight is 359 g/mol. The van der Waals surface area contributed by atoms with Crippen LogP contribution < -0.4 is 9.47 Å². The van der Waals surface area contributed by atoms with Gasteiger partial charge in [0.05, 0.1) is 9.92 Å². The molecule has 2 aromatic carbocycles. The molecule has 0 amide bonds. The van der Waals surface area contributed by atoms with Crippen LogP contribution in [0.3, 0.4) is 0 Å². The van der Waals surface area contributed by atoms with Crippen LogP contribution in [0.1, 0.15) is 6.92 Å². The Morgan fingerprint density at radius 2 is 1.74 bits per heavy atom. The van der Waals surface area contributed by atoms with E-state index in [1.54, 1.807) is 0 Å². The second kappa shape index (κ2) is 6.55. The standard InChI is InChI=1S/C15H12ClFO5S/c1-9(18)21-14-5-3-10(17)7-15(14)22-13-6-4-11(8-12(13)16)23(2,19)20/h3-8H,1-2H3. The molecule has 0 unspecified atom stereocenters. The molecule has 5 nitrogen and oxygen atoms in total. The summed E-state index contributed by atoms with van der Waals surface area (Å²) >= 11 is 5.99. The molecule has 0 bridgehead atoms. The smallest absolute Gasteiger partial charge is 0.308 e. The monoisotopic (exact) mass is 358 g/mol. The Labute approximate surface area is 137 Å². The van der Waals surface area contributed by atoms with Crippen LogP contribution in [0.5, 0.6) is 17.2 Å². The lowest BCUT2D eigenvalue weighted by Gasteiger charge is -2.12. The summed E-state index contributed by atoms with van der Waals surface area (Å²) in [6, 6.07) is 7.24. The minimum Gasteiger partial charge on any atom is -0.452 e. The van der Waals surface area contributed by atoms with Gasteiger partial charge in [0.25, 0.3) is 0 Å². The van der Waals surface area contributed by atoms with Crippen LogP contribution in [0.25, 0.3) is 0 Å². The number of ether oxygens (including phenoxy) is 2. The van der Waals surface area contributed by atoms with E-state index in [0.717, 1.165) is 18.4 Å². The van der Waals surface area contributed by atoms with Gasteiger partial charge in [-0.15, -0.1) is 0 Å². The summed E-state index contributed by atoms with van der Waals surface area (Å²) in [7, 11) is -3.42. The van der Waals surface area contributed by atoms with E-state index >= 15 is 0 Å². The van der Waals surface area contributed by atoms with Crippen molar-refractivity contribution in [2.24, 2.45) is 0 Å². The van der Waals surface area contributed by atoms with Crippen molar-refractivity contribution >= 4 is 27.4 Å². The zero-order valence-corrected chi connectivity index (χ0v) is 13.7. The summed E-state index contributed by atoms with van der Waals surface area (Å²) in [6.07, 6.45) is 1.05. The largest absolute Gasteiger partial charge is 0.452 e. The maximum atomic E-state index is 13.4. The molecule has 0 N–H and O–H groups in total. The van der Waals surface area contributed by atoms with Gasteiger partial charge in [-0.3, -0.25) is 4.79 Å². The van der Waals surface area contributed by atoms with E-state index in [1.807, 2.05) is 0 Å². The van der Waals surface area contributed by atoms with Crippen molar-refractivity contribution in [3.8, 4) is 17.2 Å². The van der Waals surface area contributed by atoms with Gasteiger partial charge in [-0.1, -0.05) is 11.6 Å². The molecule has 2 rings (SSSR count). The Hall–Kier alpha value is -2.12. The van der Waals surface area contributed by atoms with Crippen LogP contribution in [0.2, 0.25) is 5.02 Å². The third-order valence-corrected chi connectivity index (χ3v) is 4.12. The highest BCUT2D eigenvalue weighted by Crippen LogP contribution is 2.36. The molecule has 0 saturated heterocycles. The van der Waals surface area contributed by atoms with Gasteiger partial charge in [-0.05, 0) is 30.3 Å². The van der Waals surface area contributed by atoms with Gasteiger partial charge in [0, 0.05) is 19.2 Å². The van der Waals surface area contributed by atoms with E-state index < -0.39 is 21.6 Å². The van der Waals surface area contributed by atoms with Gasteiger partial charge < -0.3 is 9.47 Å². The molecule has 0 saturated carbocycles. The minimum absolute atomic E-state index is 0.0159. The molecule has 0 aromatic heterocycles. The normalized spacial score (nSPS) is 11.1. The van der Waals surface area contributed by atoms with Crippen molar-refractivity contribution in [3.05, 3.63) is 47.2 Å². The number of rotatable bonds is 4. The number of sulfone groups is 1. The van der Waals surface area contributed by atoms with Crippen molar-refractivity contribution < 1.29 is 27.1 Å². The second-order valence-electron chi connectivity index (χ2n) is 4.65. The predicted molar refractivity (Wildman–Crippen MR) is 82.3 cm³/mol. The Bertz CT molecular complexity index is 864. The lowest BCUT2D eigenvalue weighted by Crippen LogP contribution is -2.03. The van der Waals surface area contributed by atoms with Gasteiger partial charge in [0.15, 0.2) is 21.3 Å². The Morgan fingerprint density at radius 1 is 1.09 bits per heavy atom. The van der Waals surface area contributed by atoms with Crippen molar-refractivity contribution in [2.45, 2.75) is 11.8 Å². The molecule has 0 aliphatic heterocycles. The van der Waals surface area contributed by atoms with Crippen LogP contribution >= 0.6 is 11.6 Å². The number of hydrogen-bond donors (Lipinski definition) is 0. The number of esters is 1. The molecule has 0 fully saturated rings. The maximum Gasteiger partial charge on any atom is 0.308 e. The van der Waals surface area contributed by atoms with E-state index in [1.165, 1.54) is 31.2 Å². The van der Waals surface area contributed by atoms with Crippen LogP contribution in [-0.2, 0) is 14.6 Å². The molecule has 0 aliphatic rings. The zero-order valence-electron chi connectivity index (χ0n) is 12.2. The lowest BCUT2D eigenvalue weighted by molar-refractivity contribution is -0.132. The number of carbonyl (C=O) groups is 1. The van der Waals surface area contributed by atoms with Crippen molar-refractivity contribution in [1.82, 2.24) is 0 Å². The number of hydrogen-bond acceptors (Lipinski definition) is 5. The number of halogens is 2. The number of benzene rings is 2. The van der Waals surface area contributed by atoms with Gasteiger partial charge >= 0.3 is 5.97 Å². The van der Waals surface area contributed by atoms with Crippen LogP contribution in [-0.4, -0.2) is 20.6 Å². The van der Waals surface area contributed by atoms with E-state index in [4.69, 9.17) is 21.1 Å². The van der Waals surface area contributed by atoms with Gasteiger partial charge in [-0.25, -0.2) is 12.8 Å². The second-order valence-corrected chi connectivity index (χ2v) is 7.07. The molecule has 122 valence electrons. The first-order chi connectivity index (χ1) is 10.7. The van der Waals surface area contributed by atoms with E-state index in [9.17, 15) is 17.6 Å². The van der Waals surface area contributed by atoms with Crippen molar-refractivity contribution in [1.29, 1.82) is 0 Å². The summed E-state index contributed by atoms with van der Waals surface area (Å²) in [5.41, 5.74) is 0. The predicted octanol–water partition coefficient (Wildman–Crippen LogP) is 3.60. The molecular formula is C15H12ClFO5S. The Morgan fingerprint density at radius 3 is 2.30 bits per heavy atom. The highest BCUT2D eigenvalue weighted by molar-refractivity contribution is 7.90. The van der Waals surface area contributed by atoms with Gasteiger partial charge in [-0.2, -0.15) is 0 Å². The molecule has 0 aliphatic carbocycles. The first-order valence-electron chi connectivity index (χ1n) is 6.32. The Kier molecular flexibility index (Phi) is 4.91. The zero-order chi connectivity index (χ0) is 17.2. The fourth-order valence-electron chi connectivity index (χ4n) is 1.71. The first kappa shape index (κ1) is 17.2. The highest BCUT2D eigenvalue weighted by Gasteiger charge is 2.14. The molecule has 0 heterocycles. The third kappa shape index (κ3) is 4.43. The Balaban J connectivity index is 2.39. The fourth-order valence-corrected chi connectivity index (χ4v) is 2.65. The van der Waals surface area contributed by atoms with Crippen molar-refractivity contribution in [3.63, 3.8) is 0 Å². The summed E-state index contributed by atoms with van der Waals surface area (Å²) in [4.78, 5) is 11.1. The van der Waals surface area contributed by atoms with Gasteiger partial charge in [0.1, 0.15) is 11.6 Å². The summed E-state index contributed by atoms with van der Waals surface area (Å²) in [5.74, 6) is -1.14. The summed E-state index contributed by atoms with van der Waals surface area (Å²) in [5, 5.41) is 0.0194. The topological polar surface area (TPSA) is 69.7 Å². The van der Waals surface area contributed by atoms with Gasteiger partial charge in [0.2, 0.25) is 0 Å². The maximum absolute atomic E-state index is 13.4. The molecule has 8 heteroatoms. The average Bonchev–Trinajstić information content (AvgIpc) is 2.42. The van der Waals surface area contributed by atoms with E-state index in [2.05, 4.69) is 0 Å². The summed E-state index contributed by atoms with van der Waals surface area (Å²) in [6.45, 7) is 1.20.